The van der Waals surface area contributed by atoms with Crippen molar-refractivity contribution in [1.29, 1.82) is 0 Å². The number of hydrogen-bond donors (Lipinski definition) is 2. The lowest BCUT2D eigenvalue weighted by atomic mass is 9.91. The minimum Gasteiger partial charge on any atom is -0.369 e. The fourth-order valence-electron chi connectivity index (χ4n) is 4.53. The summed E-state index contributed by atoms with van der Waals surface area (Å²) in [5, 5.41) is 5.64. The van der Waals surface area contributed by atoms with E-state index in [-0.39, 0.29) is 5.78 Å². The number of fused-ring (bicyclic) bond motifs is 1. The van der Waals surface area contributed by atoms with Crippen LogP contribution in [-0.2, 0) is 4.79 Å². The van der Waals surface area contributed by atoms with Gasteiger partial charge < -0.3 is 15.1 Å². The number of nitrogens with one attached hydrogen (secondary N) is 2. The molecule has 3 aromatic carbocycles. The van der Waals surface area contributed by atoms with Crippen LogP contribution in [0.3, 0.4) is 0 Å². The van der Waals surface area contributed by atoms with Crippen molar-refractivity contribution >= 4 is 34.5 Å². The molecular formula is C29H28N4O3. The van der Waals surface area contributed by atoms with Crippen molar-refractivity contribution in [3.8, 4) is 11.1 Å². The fraction of sp³-hybridized carbons (Fsp3) is 0.207. The van der Waals surface area contributed by atoms with E-state index < -0.39 is 11.8 Å². The van der Waals surface area contributed by atoms with Gasteiger partial charge in [-0.1, -0.05) is 30.3 Å². The highest BCUT2D eigenvalue weighted by molar-refractivity contribution is 6.31. The molecule has 7 nitrogen and oxygen atoms in total. The first-order valence-corrected chi connectivity index (χ1v) is 12.0. The standard InChI is InChI=1S/C29H28N4O3/c1-19(34)20-3-5-21(6-4-20)22-7-12-25-26(17-22)27(29(36)31-28(25)35)18-30-23-8-10-24(11-9-23)33-15-13-32(2)14-16-33/h3-12,17-18,30H,13-16H2,1-2H3,(H,31,35,36). The van der Waals surface area contributed by atoms with Gasteiger partial charge in [0.15, 0.2) is 5.78 Å². The second-order valence-electron chi connectivity index (χ2n) is 9.22. The zero-order valence-electron chi connectivity index (χ0n) is 20.4. The summed E-state index contributed by atoms with van der Waals surface area (Å²) < 4.78 is 0. The molecule has 0 bridgehead atoms. The lowest BCUT2D eigenvalue weighted by Gasteiger charge is -2.34. The molecule has 1 fully saturated rings. The van der Waals surface area contributed by atoms with Gasteiger partial charge in [0.1, 0.15) is 0 Å². The van der Waals surface area contributed by atoms with Crippen molar-refractivity contribution in [2.75, 3.05) is 43.4 Å². The van der Waals surface area contributed by atoms with Crippen LogP contribution < -0.4 is 15.5 Å². The Labute approximate surface area is 210 Å². The van der Waals surface area contributed by atoms with Crippen LogP contribution in [0.15, 0.2) is 72.9 Å². The molecule has 2 aliphatic rings. The summed E-state index contributed by atoms with van der Waals surface area (Å²) in [7, 11) is 2.14. The third kappa shape index (κ3) is 4.78. The Hall–Kier alpha value is -4.23. The first kappa shape index (κ1) is 23.5. The van der Waals surface area contributed by atoms with Gasteiger partial charge in [0.25, 0.3) is 11.8 Å². The number of hydrogen-bond acceptors (Lipinski definition) is 6. The molecule has 1 saturated heterocycles. The number of imide groups is 1. The van der Waals surface area contributed by atoms with Crippen LogP contribution in [0.5, 0.6) is 0 Å². The number of anilines is 2. The van der Waals surface area contributed by atoms with Crippen LogP contribution in [0.25, 0.3) is 16.7 Å². The number of likely N-dealkylation sites (N-methyl/N-ethyl adjacent to an activating group) is 1. The second-order valence-corrected chi connectivity index (χ2v) is 9.22. The number of ketones is 1. The van der Waals surface area contributed by atoms with Gasteiger partial charge in [-0.2, -0.15) is 0 Å². The quantitative estimate of drug-likeness (QED) is 0.326. The summed E-state index contributed by atoms with van der Waals surface area (Å²) in [6.07, 6.45) is 1.65. The van der Waals surface area contributed by atoms with Gasteiger partial charge >= 0.3 is 0 Å². The monoisotopic (exact) mass is 480 g/mol. The number of piperazine rings is 1. The highest BCUT2D eigenvalue weighted by Gasteiger charge is 2.27. The molecule has 2 N–H and O–H groups in total. The molecule has 2 heterocycles. The maximum Gasteiger partial charge on any atom is 0.260 e. The Morgan fingerprint density at radius 1 is 0.833 bits per heavy atom. The number of rotatable bonds is 5. The largest absolute Gasteiger partial charge is 0.369 e. The van der Waals surface area contributed by atoms with E-state index in [2.05, 4.69) is 39.6 Å². The number of nitrogens with zero attached hydrogens (tertiary/aromatic N) is 2. The Morgan fingerprint density at radius 3 is 2.17 bits per heavy atom. The molecule has 0 spiro atoms. The second kappa shape index (κ2) is 9.79. The van der Waals surface area contributed by atoms with Gasteiger partial charge in [-0.25, -0.2) is 0 Å². The van der Waals surface area contributed by atoms with E-state index >= 15 is 0 Å². The molecule has 0 aliphatic carbocycles. The predicted octanol–water partition coefficient (Wildman–Crippen LogP) is 4.03. The van der Waals surface area contributed by atoms with Crippen LogP contribution in [0.4, 0.5) is 11.4 Å². The highest BCUT2D eigenvalue weighted by Crippen LogP contribution is 2.30. The van der Waals surface area contributed by atoms with Crippen LogP contribution in [-0.4, -0.2) is 55.7 Å². The minimum atomic E-state index is -0.446. The highest BCUT2D eigenvalue weighted by atomic mass is 16.2. The average molecular weight is 481 g/mol. The summed E-state index contributed by atoms with van der Waals surface area (Å²) in [6.45, 7) is 5.61. The van der Waals surface area contributed by atoms with Gasteiger partial charge in [-0.3, -0.25) is 19.7 Å². The molecule has 0 aromatic heterocycles. The van der Waals surface area contributed by atoms with Crippen LogP contribution >= 0.6 is 0 Å². The summed E-state index contributed by atoms with van der Waals surface area (Å²) in [5.41, 5.74) is 5.80. The van der Waals surface area contributed by atoms with E-state index in [1.165, 1.54) is 12.6 Å². The molecule has 182 valence electrons. The lowest BCUT2D eigenvalue weighted by Crippen LogP contribution is -2.44. The van der Waals surface area contributed by atoms with E-state index in [4.69, 9.17) is 0 Å². The first-order chi connectivity index (χ1) is 17.4. The number of Topliss-reactive ketones (excluding diaryl/α,β-unsaturated/α-hetero) is 1. The van der Waals surface area contributed by atoms with Crippen LogP contribution in [0.1, 0.15) is 33.2 Å². The Bertz CT molecular complexity index is 1350. The summed E-state index contributed by atoms with van der Waals surface area (Å²) in [6, 6.07) is 20.8. The first-order valence-electron chi connectivity index (χ1n) is 12.0. The SMILES string of the molecule is CC(=O)c1ccc(-c2ccc3c(c2)C(=CNc2ccc(N4CCN(C)CC4)cc2)C(=O)NC3=O)cc1. The van der Waals surface area contributed by atoms with Crippen molar-refractivity contribution in [2.24, 2.45) is 0 Å². The maximum atomic E-state index is 12.8. The fourth-order valence-corrected chi connectivity index (χ4v) is 4.53. The number of carbonyl (C=O) groups excluding carboxylic acids is 3. The van der Waals surface area contributed by atoms with Crippen molar-refractivity contribution < 1.29 is 14.4 Å². The molecule has 36 heavy (non-hydrogen) atoms. The van der Waals surface area contributed by atoms with E-state index in [1.807, 2.05) is 36.4 Å². The van der Waals surface area contributed by atoms with E-state index in [0.717, 1.165) is 43.0 Å². The topological polar surface area (TPSA) is 81.8 Å². The Morgan fingerprint density at radius 2 is 1.50 bits per heavy atom. The molecular weight excluding hydrogens is 452 g/mol. The lowest BCUT2D eigenvalue weighted by molar-refractivity contribution is -0.114. The third-order valence-electron chi connectivity index (χ3n) is 6.77. The predicted molar refractivity (Wildman–Crippen MR) is 142 cm³/mol. The average Bonchev–Trinajstić information content (AvgIpc) is 2.89. The molecule has 5 rings (SSSR count). The van der Waals surface area contributed by atoms with Gasteiger partial charge in [0.2, 0.25) is 0 Å². The van der Waals surface area contributed by atoms with Gasteiger partial charge in [-0.05, 0) is 61.5 Å². The minimum absolute atomic E-state index is 0.00196. The van der Waals surface area contributed by atoms with Gasteiger partial charge in [-0.15, -0.1) is 0 Å². The van der Waals surface area contributed by atoms with Crippen molar-refractivity contribution in [3.05, 3.63) is 89.6 Å². The number of carbonyl (C=O) groups is 3. The van der Waals surface area contributed by atoms with Crippen molar-refractivity contribution in [3.63, 3.8) is 0 Å². The van der Waals surface area contributed by atoms with Gasteiger partial charge in [0.05, 0.1) is 5.57 Å². The molecule has 2 aliphatic heterocycles. The molecule has 7 heteroatoms. The molecule has 2 amide bonds. The summed E-state index contributed by atoms with van der Waals surface area (Å²) >= 11 is 0. The molecule has 0 unspecified atom stereocenters. The third-order valence-corrected chi connectivity index (χ3v) is 6.77. The van der Waals surface area contributed by atoms with E-state index in [1.54, 1.807) is 24.4 Å². The zero-order chi connectivity index (χ0) is 25.2. The van der Waals surface area contributed by atoms with E-state index in [9.17, 15) is 14.4 Å². The Kier molecular flexibility index (Phi) is 6.40. The smallest absolute Gasteiger partial charge is 0.260 e. The molecule has 0 saturated carbocycles. The normalized spacial score (nSPS) is 17.1. The van der Waals surface area contributed by atoms with Gasteiger partial charge in [0, 0.05) is 60.4 Å². The Balaban J connectivity index is 1.40. The number of amides is 2. The van der Waals surface area contributed by atoms with Crippen LogP contribution in [0.2, 0.25) is 0 Å². The molecule has 0 radical (unpaired) electrons. The zero-order valence-corrected chi connectivity index (χ0v) is 20.4. The van der Waals surface area contributed by atoms with Crippen molar-refractivity contribution in [1.82, 2.24) is 10.2 Å². The molecule has 0 atom stereocenters. The maximum absolute atomic E-state index is 12.8. The number of benzene rings is 3. The molecule has 3 aromatic rings. The van der Waals surface area contributed by atoms with E-state index in [0.29, 0.717) is 22.3 Å². The summed E-state index contributed by atoms with van der Waals surface area (Å²) in [4.78, 5) is 41.5. The van der Waals surface area contributed by atoms with Crippen LogP contribution in [0, 0.1) is 0 Å². The summed E-state index contributed by atoms with van der Waals surface area (Å²) in [5.74, 6) is -0.859. The van der Waals surface area contributed by atoms with Crippen molar-refractivity contribution in [2.45, 2.75) is 6.92 Å².